The van der Waals surface area contributed by atoms with Crippen molar-refractivity contribution in [3.05, 3.63) is 47.2 Å². The Balaban J connectivity index is 1.44. The fourth-order valence-corrected chi connectivity index (χ4v) is 4.37. The lowest BCUT2D eigenvalue weighted by molar-refractivity contribution is -0.125. The van der Waals surface area contributed by atoms with Crippen LogP contribution in [0.1, 0.15) is 23.4 Å². The van der Waals surface area contributed by atoms with Gasteiger partial charge in [-0.2, -0.15) is 0 Å². The van der Waals surface area contributed by atoms with Gasteiger partial charge in [0.1, 0.15) is 5.76 Å². The molecule has 154 valence electrons. The van der Waals surface area contributed by atoms with Gasteiger partial charge in [-0.1, -0.05) is 11.6 Å². The van der Waals surface area contributed by atoms with Gasteiger partial charge in [-0.3, -0.25) is 14.5 Å². The number of piperazine rings is 1. The number of aliphatic hydroxyl groups is 1. The van der Waals surface area contributed by atoms with Gasteiger partial charge < -0.3 is 19.7 Å². The zero-order valence-corrected chi connectivity index (χ0v) is 16.9. The Bertz CT molecular complexity index is 898. The van der Waals surface area contributed by atoms with Crippen LogP contribution >= 0.6 is 11.6 Å². The highest BCUT2D eigenvalue weighted by molar-refractivity contribution is 6.30. The Morgan fingerprint density at radius 1 is 1.24 bits per heavy atom. The van der Waals surface area contributed by atoms with Crippen LogP contribution in [0.5, 0.6) is 0 Å². The minimum atomic E-state index is -0.708. The summed E-state index contributed by atoms with van der Waals surface area (Å²) >= 11 is 5.92. The minimum Gasteiger partial charge on any atom is -0.451 e. The number of hydrogen-bond donors (Lipinski definition) is 2. The van der Waals surface area contributed by atoms with Gasteiger partial charge in [-0.15, -0.1) is 0 Å². The lowest BCUT2D eigenvalue weighted by atomic mass is 10.1. The van der Waals surface area contributed by atoms with Crippen LogP contribution < -0.4 is 5.32 Å². The van der Waals surface area contributed by atoms with Gasteiger partial charge in [-0.25, -0.2) is 0 Å². The van der Waals surface area contributed by atoms with Crippen molar-refractivity contribution in [3.8, 4) is 11.3 Å². The summed E-state index contributed by atoms with van der Waals surface area (Å²) < 4.78 is 5.77. The molecular formula is C21H24ClN3O4. The molecule has 1 saturated carbocycles. The number of hydrogen-bond acceptors (Lipinski definition) is 5. The van der Waals surface area contributed by atoms with Crippen molar-refractivity contribution in [2.45, 2.75) is 31.0 Å². The molecule has 1 aromatic carbocycles. The first-order valence-corrected chi connectivity index (χ1v) is 10.1. The second-order valence-corrected chi connectivity index (χ2v) is 8.05. The molecule has 7 nitrogen and oxygen atoms in total. The summed E-state index contributed by atoms with van der Waals surface area (Å²) in [6.07, 6.45) is 0.711. The third kappa shape index (κ3) is 4.03. The first-order valence-electron chi connectivity index (χ1n) is 9.76. The number of furan rings is 1. The van der Waals surface area contributed by atoms with Crippen LogP contribution in [-0.2, 0) is 4.79 Å². The van der Waals surface area contributed by atoms with E-state index in [1.165, 1.54) is 0 Å². The number of carbonyl (C=O) groups is 2. The standard InChI is InChI=1S/C21H24ClN3O4/c1-24(15-6-7-16(20(15)27)25-11-10-23-19(26)12-25)21(28)18-9-8-17(29-18)13-2-4-14(22)5-3-13/h2-5,8-9,15-16,20,27H,6-7,10-12H2,1H3,(H,23,26)/t15-,16-,20-/m1/s1. The topological polar surface area (TPSA) is 86.0 Å². The molecule has 0 spiro atoms. The molecular weight excluding hydrogens is 394 g/mol. The summed E-state index contributed by atoms with van der Waals surface area (Å²) in [5.41, 5.74) is 0.834. The van der Waals surface area contributed by atoms with Crippen LogP contribution in [0.15, 0.2) is 40.8 Å². The van der Waals surface area contributed by atoms with Gasteiger partial charge in [0.05, 0.1) is 18.7 Å². The largest absolute Gasteiger partial charge is 0.451 e. The van der Waals surface area contributed by atoms with E-state index < -0.39 is 6.10 Å². The molecule has 1 aliphatic heterocycles. The maximum atomic E-state index is 12.9. The number of nitrogens with zero attached hydrogens (tertiary/aromatic N) is 2. The number of benzene rings is 1. The maximum absolute atomic E-state index is 12.9. The molecule has 0 radical (unpaired) electrons. The van der Waals surface area contributed by atoms with E-state index in [1.54, 1.807) is 36.2 Å². The molecule has 29 heavy (non-hydrogen) atoms. The molecule has 1 saturated heterocycles. The molecule has 0 unspecified atom stereocenters. The van der Waals surface area contributed by atoms with E-state index in [0.717, 1.165) is 12.0 Å². The monoisotopic (exact) mass is 417 g/mol. The van der Waals surface area contributed by atoms with E-state index in [4.69, 9.17) is 16.0 Å². The average Bonchev–Trinajstić information content (AvgIpc) is 3.35. The van der Waals surface area contributed by atoms with Crippen molar-refractivity contribution in [2.24, 2.45) is 0 Å². The van der Waals surface area contributed by atoms with E-state index in [0.29, 0.717) is 30.3 Å². The molecule has 2 fully saturated rings. The van der Waals surface area contributed by atoms with Crippen molar-refractivity contribution in [3.63, 3.8) is 0 Å². The highest BCUT2D eigenvalue weighted by Gasteiger charge is 2.42. The van der Waals surface area contributed by atoms with Gasteiger partial charge in [0.15, 0.2) is 5.76 Å². The molecule has 2 aromatic rings. The summed E-state index contributed by atoms with van der Waals surface area (Å²) in [7, 11) is 1.69. The predicted octanol–water partition coefficient (Wildman–Crippen LogP) is 2.00. The van der Waals surface area contributed by atoms with E-state index >= 15 is 0 Å². The predicted molar refractivity (Wildman–Crippen MR) is 109 cm³/mol. The van der Waals surface area contributed by atoms with Gasteiger partial charge in [0.25, 0.3) is 5.91 Å². The molecule has 4 rings (SSSR count). The molecule has 8 heteroatoms. The van der Waals surface area contributed by atoms with E-state index in [2.05, 4.69) is 5.32 Å². The molecule has 3 atom stereocenters. The summed E-state index contributed by atoms with van der Waals surface area (Å²) in [5.74, 6) is 0.515. The Morgan fingerprint density at radius 3 is 2.72 bits per heavy atom. The molecule has 2 aliphatic rings. The zero-order chi connectivity index (χ0) is 20.5. The number of halogens is 1. The highest BCUT2D eigenvalue weighted by Crippen LogP contribution is 2.30. The van der Waals surface area contributed by atoms with Gasteiger partial charge in [0.2, 0.25) is 5.91 Å². The fraction of sp³-hybridized carbons (Fsp3) is 0.429. The Morgan fingerprint density at radius 2 is 2.00 bits per heavy atom. The summed E-state index contributed by atoms with van der Waals surface area (Å²) in [5, 5.41) is 14.3. The van der Waals surface area contributed by atoms with Crippen LogP contribution in [0.3, 0.4) is 0 Å². The van der Waals surface area contributed by atoms with Crippen LogP contribution in [0.4, 0.5) is 0 Å². The Kier molecular flexibility index (Phi) is 5.63. The first-order chi connectivity index (χ1) is 13.9. The zero-order valence-electron chi connectivity index (χ0n) is 16.2. The Hall–Kier alpha value is -2.35. The van der Waals surface area contributed by atoms with Gasteiger partial charge in [0, 0.05) is 36.8 Å². The smallest absolute Gasteiger partial charge is 0.289 e. The summed E-state index contributed by atoms with van der Waals surface area (Å²) in [4.78, 5) is 28.2. The molecule has 0 bridgehead atoms. The van der Waals surface area contributed by atoms with Gasteiger partial charge in [-0.05, 0) is 49.2 Å². The minimum absolute atomic E-state index is 0.0263. The van der Waals surface area contributed by atoms with Crippen molar-refractivity contribution >= 4 is 23.4 Å². The second-order valence-electron chi connectivity index (χ2n) is 7.61. The fourth-order valence-electron chi connectivity index (χ4n) is 4.25. The van der Waals surface area contributed by atoms with E-state index in [9.17, 15) is 14.7 Å². The first kappa shape index (κ1) is 19.9. The SMILES string of the molecule is CN(C(=O)c1ccc(-c2ccc(Cl)cc2)o1)[C@@H]1CC[C@@H](N2CCNC(=O)C2)[C@@H]1O. The third-order valence-corrected chi connectivity index (χ3v) is 6.10. The molecule has 1 aromatic heterocycles. The number of amides is 2. The number of nitrogens with one attached hydrogen (secondary N) is 1. The number of rotatable bonds is 4. The van der Waals surface area contributed by atoms with Crippen LogP contribution in [0, 0.1) is 0 Å². The molecule has 1 aliphatic carbocycles. The number of carbonyl (C=O) groups excluding carboxylic acids is 2. The van der Waals surface area contributed by atoms with Crippen LogP contribution in [-0.4, -0.2) is 71.6 Å². The quantitative estimate of drug-likeness (QED) is 0.794. The lowest BCUT2D eigenvalue weighted by Gasteiger charge is -2.35. The van der Waals surface area contributed by atoms with Crippen LogP contribution in [0.2, 0.25) is 5.02 Å². The van der Waals surface area contributed by atoms with E-state index in [1.807, 2.05) is 17.0 Å². The van der Waals surface area contributed by atoms with Crippen molar-refractivity contribution < 1.29 is 19.1 Å². The number of likely N-dealkylation sites (N-methyl/N-ethyl adjacent to an activating group) is 1. The highest BCUT2D eigenvalue weighted by atomic mass is 35.5. The summed E-state index contributed by atoms with van der Waals surface area (Å²) in [6, 6.07) is 10.2. The van der Waals surface area contributed by atoms with Crippen molar-refractivity contribution in [1.29, 1.82) is 0 Å². The number of aliphatic hydroxyl groups excluding tert-OH is 1. The molecule has 2 heterocycles. The van der Waals surface area contributed by atoms with Gasteiger partial charge >= 0.3 is 0 Å². The molecule has 2 N–H and O–H groups in total. The van der Waals surface area contributed by atoms with Crippen molar-refractivity contribution in [2.75, 3.05) is 26.7 Å². The normalized spacial score (nSPS) is 25.1. The van der Waals surface area contributed by atoms with Crippen molar-refractivity contribution in [1.82, 2.24) is 15.1 Å². The summed E-state index contributed by atoms with van der Waals surface area (Å²) in [6.45, 7) is 1.58. The second kappa shape index (κ2) is 8.18. The van der Waals surface area contributed by atoms with E-state index in [-0.39, 0.29) is 36.2 Å². The molecule has 2 amide bonds. The lowest BCUT2D eigenvalue weighted by Crippen LogP contribution is -2.55. The third-order valence-electron chi connectivity index (χ3n) is 5.85. The average molecular weight is 418 g/mol. The van der Waals surface area contributed by atoms with Crippen LogP contribution in [0.25, 0.3) is 11.3 Å². The Labute approximate surface area is 174 Å². The maximum Gasteiger partial charge on any atom is 0.289 e.